The van der Waals surface area contributed by atoms with Crippen LogP contribution in [0.2, 0.25) is 0 Å². The second-order valence-corrected chi connectivity index (χ2v) is 6.84. The summed E-state index contributed by atoms with van der Waals surface area (Å²) in [6.45, 7) is 0.651. The molecule has 2 aromatic carbocycles. The quantitative estimate of drug-likeness (QED) is 0.510. The monoisotopic (exact) mass is 387 g/mol. The number of carbonyl (C=O) groups is 1. The number of hydrogen-bond donors (Lipinski definition) is 2. The van der Waals surface area contributed by atoms with E-state index in [0.29, 0.717) is 48.2 Å². The van der Waals surface area contributed by atoms with E-state index in [1.54, 1.807) is 16.9 Å². The molecule has 2 N–H and O–H groups in total. The van der Waals surface area contributed by atoms with E-state index in [1.807, 2.05) is 54.7 Å². The number of nitrogens with zero attached hydrogens (tertiary/aromatic N) is 3. The number of H-pyrrole nitrogens is 1. The van der Waals surface area contributed by atoms with E-state index >= 15 is 0 Å². The Morgan fingerprint density at radius 2 is 1.86 bits per heavy atom. The molecule has 2 aromatic heterocycles. The number of aromatic nitrogens is 4. The molecule has 0 aliphatic rings. The first-order valence-electron chi connectivity index (χ1n) is 9.51. The number of nitrogens with one attached hydrogen (secondary N) is 2. The number of aromatic amines is 1. The summed E-state index contributed by atoms with van der Waals surface area (Å²) in [5.74, 6) is 0.504. The average Bonchev–Trinajstić information content (AvgIpc) is 3.15. The van der Waals surface area contributed by atoms with Crippen molar-refractivity contribution in [3.8, 4) is 0 Å². The molecule has 7 heteroatoms. The van der Waals surface area contributed by atoms with Crippen molar-refractivity contribution in [2.24, 2.45) is 0 Å². The van der Waals surface area contributed by atoms with E-state index < -0.39 is 0 Å². The van der Waals surface area contributed by atoms with Gasteiger partial charge in [-0.05, 0) is 24.1 Å². The third kappa shape index (κ3) is 4.76. The first-order chi connectivity index (χ1) is 14.2. The Hall–Kier alpha value is -3.74. The summed E-state index contributed by atoms with van der Waals surface area (Å²) in [7, 11) is 0. The van der Waals surface area contributed by atoms with E-state index in [1.165, 1.54) is 0 Å². The van der Waals surface area contributed by atoms with Gasteiger partial charge in [-0.15, -0.1) is 0 Å². The molecule has 0 unspecified atom stereocenters. The number of benzene rings is 2. The maximum Gasteiger partial charge on any atom is 0.258 e. The Labute approximate surface area is 167 Å². The van der Waals surface area contributed by atoms with Crippen LogP contribution in [0.15, 0.2) is 71.8 Å². The van der Waals surface area contributed by atoms with Gasteiger partial charge in [-0.2, -0.15) is 5.10 Å². The number of rotatable bonds is 7. The second kappa shape index (κ2) is 8.52. The Morgan fingerprint density at radius 1 is 1.07 bits per heavy atom. The number of para-hydroxylation sites is 1. The minimum absolute atomic E-state index is 0.0904. The molecule has 0 radical (unpaired) electrons. The van der Waals surface area contributed by atoms with Crippen molar-refractivity contribution in [3.63, 3.8) is 0 Å². The van der Waals surface area contributed by atoms with E-state index in [0.717, 1.165) is 5.56 Å². The molecule has 4 rings (SSSR count). The van der Waals surface area contributed by atoms with Gasteiger partial charge in [0.05, 0.1) is 29.3 Å². The zero-order chi connectivity index (χ0) is 20.1. The summed E-state index contributed by atoms with van der Waals surface area (Å²) >= 11 is 0. The number of amides is 1. The molecule has 0 spiro atoms. The predicted octanol–water partition coefficient (Wildman–Crippen LogP) is 3.13. The predicted molar refractivity (Wildman–Crippen MR) is 112 cm³/mol. The summed E-state index contributed by atoms with van der Waals surface area (Å²) in [6.07, 6.45) is 4.91. The molecule has 7 nitrogen and oxygen atoms in total. The van der Waals surface area contributed by atoms with Gasteiger partial charge in [0.15, 0.2) is 0 Å². The van der Waals surface area contributed by atoms with Crippen molar-refractivity contribution in [3.05, 3.63) is 88.7 Å². The Balaban J connectivity index is 1.29. The van der Waals surface area contributed by atoms with Gasteiger partial charge in [-0.1, -0.05) is 42.5 Å². The van der Waals surface area contributed by atoms with Gasteiger partial charge < -0.3 is 10.3 Å². The van der Waals surface area contributed by atoms with E-state index in [4.69, 9.17) is 0 Å². The highest BCUT2D eigenvalue weighted by Crippen LogP contribution is 2.10. The molecule has 0 fully saturated rings. The van der Waals surface area contributed by atoms with Crippen LogP contribution in [-0.2, 0) is 17.8 Å². The minimum Gasteiger partial charge on any atom is -0.323 e. The molecule has 0 atom stereocenters. The van der Waals surface area contributed by atoms with Gasteiger partial charge in [0.1, 0.15) is 5.82 Å². The smallest absolute Gasteiger partial charge is 0.258 e. The SMILES string of the molecule is O=C(CCCc1nc2ccccc2c(=O)[nH]1)Nc1cnn(Cc2ccccc2)c1. The lowest BCUT2D eigenvalue weighted by molar-refractivity contribution is -0.116. The fourth-order valence-corrected chi connectivity index (χ4v) is 3.18. The summed E-state index contributed by atoms with van der Waals surface area (Å²) in [5, 5.41) is 7.71. The summed E-state index contributed by atoms with van der Waals surface area (Å²) in [6, 6.07) is 17.2. The summed E-state index contributed by atoms with van der Waals surface area (Å²) < 4.78 is 1.79. The maximum atomic E-state index is 12.2. The zero-order valence-electron chi connectivity index (χ0n) is 15.8. The molecule has 4 aromatic rings. The molecule has 1 amide bonds. The van der Waals surface area contributed by atoms with E-state index in [-0.39, 0.29) is 11.5 Å². The van der Waals surface area contributed by atoms with Gasteiger partial charge in [0, 0.05) is 19.0 Å². The second-order valence-electron chi connectivity index (χ2n) is 6.84. The highest BCUT2D eigenvalue weighted by molar-refractivity contribution is 5.90. The van der Waals surface area contributed by atoms with Crippen LogP contribution in [0, 0.1) is 0 Å². The molecule has 2 heterocycles. The third-order valence-corrected chi connectivity index (χ3v) is 4.58. The van der Waals surface area contributed by atoms with Crippen molar-refractivity contribution in [1.82, 2.24) is 19.7 Å². The molecule has 146 valence electrons. The standard InChI is InChI=1S/C22H21N5O2/c28-21(24-17-13-23-27(15-17)14-16-7-2-1-3-8-16)12-6-11-20-25-19-10-5-4-9-18(19)22(29)26-20/h1-5,7-10,13,15H,6,11-12,14H2,(H,24,28)(H,25,26,29). The first-order valence-corrected chi connectivity index (χ1v) is 9.51. The number of fused-ring (bicyclic) bond motifs is 1. The van der Waals surface area contributed by atoms with Crippen molar-refractivity contribution >= 4 is 22.5 Å². The van der Waals surface area contributed by atoms with Gasteiger partial charge >= 0.3 is 0 Å². The van der Waals surface area contributed by atoms with Gasteiger partial charge in [-0.3, -0.25) is 14.3 Å². The molecule has 0 aliphatic carbocycles. The molecule has 0 saturated carbocycles. The first kappa shape index (κ1) is 18.6. The summed E-state index contributed by atoms with van der Waals surface area (Å²) in [4.78, 5) is 31.5. The van der Waals surface area contributed by atoms with Gasteiger partial charge in [0.2, 0.25) is 5.91 Å². The van der Waals surface area contributed by atoms with Gasteiger partial charge in [-0.25, -0.2) is 4.98 Å². The van der Waals surface area contributed by atoms with Crippen LogP contribution in [-0.4, -0.2) is 25.7 Å². The number of anilines is 1. The van der Waals surface area contributed by atoms with E-state index in [2.05, 4.69) is 20.4 Å². The summed E-state index contributed by atoms with van der Waals surface area (Å²) in [5.41, 5.74) is 2.33. The normalized spacial score (nSPS) is 10.9. The average molecular weight is 387 g/mol. The van der Waals surface area contributed by atoms with Crippen LogP contribution < -0.4 is 10.9 Å². The van der Waals surface area contributed by atoms with Crippen molar-refractivity contribution in [2.75, 3.05) is 5.32 Å². The molecule has 0 saturated heterocycles. The van der Waals surface area contributed by atoms with Crippen LogP contribution in [0.4, 0.5) is 5.69 Å². The minimum atomic E-state index is -0.152. The highest BCUT2D eigenvalue weighted by Gasteiger charge is 2.07. The number of aryl methyl sites for hydroxylation is 1. The fourth-order valence-electron chi connectivity index (χ4n) is 3.18. The van der Waals surface area contributed by atoms with Crippen LogP contribution in [0.5, 0.6) is 0 Å². The molecular formula is C22H21N5O2. The van der Waals surface area contributed by atoms with E-state index in [9.17, 15) is 9.59 Å². The molecule has 0 aliphatic heterocycles. The number of hydrogen-bond acceptors (Lipinski definition) is 4. The maximum absolute atomic E-state index is 12.2. The topological polar surface area (TPSA) is 92.7 Å². The van der Waals surface area contributed by atoms with Crippen molar-refractivity contribution in [2.45, 2.75) is 25.8 Å². The highest BCUT2D eigenvalue weighted by atomic mass is 16.1. The lowest BCUT2D eigenvalue weighted by Crippen LogP contribution is -2.14. The number of carbonyl (C=O) groups excluding carboxylic acids is 1. The largest absolute Gasteiger partial charge is 0.323 e. The molecule has 29 heavy (non-hydrogen) atoms. The Morgan fingerprint density at radius 3 is 2.72 bits per heavy atom. The van der Waals surface area contributed by atoms with Crippen LogP contribution in [0.1, 0.15) is 24.2 Å². The Bertz CT molecular complexity index is 1180. The third-order valence-electron chi connectivity index (χ3n) is 4.58. The fraction of sp³-hybridized carbons (Fsp3) is 0.182. The lowest BCUT2D eigenvalue weighted by atomic mass is 10.2. The van der Waals surface area contributed by atoms with Crippen LogP contribution in [0.3, 0.4) is 0 Å². The Kier molecular flexibility index (Phi) is 5.47. The molecular weight excluding hydrogens is 366 g/mol. The molecule has 0 bridgehead atoms. The van der Waals surface area contributed by atoms with Gasteiger partial charge in [0.25, 0.3) is 5.56 Å². The zero-order valence-corrected chi connectivity index (χ0v) is 15.8. The lowest BCUT2D eigenvalue weighted by Gasteiger charge is -2.04. The van der Waals surface area contributed by atoms with Crippen LogP contribution >= 0.6 is 0 Å². The van der Waals surface area contributed by atoms with Crippen LogP contribution in [0.25, 0.3) is 10.9 Å². The van der Waals surface area contributed by atoms with Crippen molar-refractivity contribution < 1.29 is 4.79 Å². The van der Waals surface area contributed by atoms with Crippen molar-refractivity contribution in [1.29, 1.82) is 0 Å².